The van der Waals surface area contributed by atoms with E-state index < -0.39 is 24.4 Å². The van der Waals surface area contributed by atoms with Crippen molar-refractivity contribution in [3.8, 4) is 6.07 Å². The van der Waals surface area contributed by atoms with Gasteiger partial charge in [-0.3, -0.25) is 24.1 Å². The average molecular weight is 829 g/mol. The van der Waals surface area contributed by atoms with Crippen molar-refractivity contribution < 1.29 is 43.3 Å². The summed E-state index contributed by atoms with van der Waals surface area (Å²) in [5.74, 6) is 1.12. The normalized spacial score (nSPS) is 11.8. The predicted octanol–water partition coefficient (Wildman–Crippen LogP) is 5.01. The molecule has 19 nitrogen and oxygen atoms in total. The van der Waals surface area contributed by atoms with Crippen LogP contribution in [0.15, 0.2) is 20.6 Å². The second-order valence-electron chi connectivity index (χ2n) is 10.5. The van der Waals surface area contributed by atoms with Crippen molar-refractivity contribution >= 4 is 98.8 Å². The molecule has 0 aromatic rings. The Bertz CT molecular complexity index is 1270. The van der Waals surface area contributed by atoms with E-state index in [-0.39, 0.29) is 21.6 Å². The molecule has 1 unspecified atom stereocenters. The SMILES string of the molecule is CNC(=O)O/N=C(/C)SCCC#N.CNC(=O)O/N=C(\C)C(C)SC.CNC(=O)ON=C(CSC)C(C)(C)C.CNC(=O)ON=C(SC)C(=O)N(C)C. The van der Waals surface area contributed by atoms with Crippen LogP contribution in [0.25, 0.3) is 0 Å². The highest BCUT2D eigenvalue weighted by molar-refractivity contribution is 8.15. The summed E-state index contributed by atoms with van der Waals surface area (Å²) >= 11 is 5.79. The van der Waals surface area contributed by atoms with Crippen molar-refractivity contribution in [1.29, 1.82) is 5.26 Å². The Kier molecular flexibility index (Phi) is 37.1. The highest BCUT2D eigenvalue weighted by Crippen LogP contribution is 2.19. The molecule has 0 bridgehead atoms. The molecule has 0 aliphatic rings. The van der Waals surface area contributed by atoms with Gasteiger partial charge >= 0.3 is 24.4 Å². The van der Waals surface area contributed by atoms with Gasteiger partial charge in [0.05, 0.1) is 17.5 Å². The lowest BCUT2D eigenvalue weighted by molar-refractivity contribution is -0.121. The fraction of sp³-hybridized carbons (Fsp3) is 0.667. The summed E-state index contributed by atoms with van der Waals surface area (Å²) in [6.07, 6.45) is 3.72. The first-order valence-electron chi connectivity index (χ1n) is 15.3. The highest BCUT2D eigenvalue weighted by atomic mass is 32.2. The van der Waals surface area contributed by atoms with E-state index in [2.05, 4.69) is 61.2 Å². The topological polar surface area (TPSA) is 247 Å². The maximum Gasteiger partial charge on any atom is 0.433 e. The Labute approximate surface area is 330 Å². The van der Waals surface area contributed by atoms with Gasteiger partial charge in [-0.05, 0) is 39.5 Å². The third kappa shape index (κ3) is 34.9. The van der Waals surface area contributed by atoms with Gasteiger partial charge in [0.25, 0.3) is 5.91 Å². The fourth-order valence-corrected chi connectivity index (χ4v) is 4.16. The van der Waals surface area contributed by atoms with Gasteiger partial charge in [0, 0.05) is 70.9 Å². The van der Waals surface area contributed by atoms with E-state index in [0.29, 0.717) is 17.2 Å². The van der Waals surface area contributed by atoms with E-state index in [0.717, 1.165) is 28.9 Å². The minimum absolute atomic E-state index is 0.0724. The number of rotatable bonds is 10. The molecule has 0 saturated heterocycles. The zero-order valence-electron chi connectivity index (χ0n) is 33.2. The van der Waals surface area contributed by atoms with Crippen molar-refractivity contribution in [2.24, 2.45) is 26.0 Å². The molecule has 4 N–H and O–H groups in total. The van der Waals surface area contributed by atoms with Gasteiger partial charge in [0.2, 0.25) is 5.04 Å². The van der Waals surface area contributed by atoms with E-state index >= 15 is 0 Å². The van der Waals surface area contributed by atoms with Crippen LogP contribution >= 0.6 is 47.0 Å². The zero-order valence-corrected chi connectivity index (χ0v) is 36.5. The van der Waals surface area contributed by atoms with Crippen molar-refractivity contribution in [2.45, 2.75) is 53.2 Å². The monoisotopic (exact) mass is 828 g/mol. The lowest BCUT2D eigenvalue weighted by Gasteiger charge is -2.19. The largest absolute Gasteiger partial charge is 0.433 e. The van der Waals surface area contributed by atoms with E-state index in [1.807, 2.05) is 53.2 Å². The maximum atomic E-state index is 11.3. The molecular formula is C30H56N10O9S4. The first kappa shape index (κ1) is 55.9. The van der Waals surface area contributed by atoms with Crippen molar-refractivity contribution in [2.75, 3.05) is 72.6 Å². The first-order valence-corrected chi connectivity index (χ1v) is 20.2. The van der Waals surface area contributed by atoms with Crippen LogP contribution in [0.3, 0.4) is 0 Å². The number of thioether (sulfide) groups is 4. The Morgan fingerprint density at radius 3 is 1.57 bits per heavy atom. The molecule has 304 valence electrons. The Balaban J connectivity index is -0.000000303. The van der Waals surface area contributed by atoms with Gasteiger partial charge in [-0.15, -0.1) is 23.5 Å². The van der Waals surface area contributed by atoms with Crippen LogP contribution < -0.4 is 21.3 Å². The Morgan fingerprint density at radius 2 is 1.21 bits per heavy atom. The van der Waals surface area contributed by atoms with Crippen LogP contribution in [-0.4, -0.2) is 134 Å². The molecule has 0 aliphatic carbocycles. The number of hydrogen-bond acceptors (Lipinski definition) is 18. The molecule has 0 rings (SSSR count). The molecule has 0 heterocycles. The van der Waals surface area contributed by atoms with Gasteiger partial charge < -0.3 is 26.2 Å². The number of hydrogen-bond donors (Lipinski definition) is 4. The third-order valence-electron chi connectivity index (χ3n) is 5.19. The molecule has 0 aliphatic heterocycles. The molecule has 1 atom stereocenters. The summed E-state index contributed by atoms with van der Waals surface area (Å²) in [5, 5.41) is 32.8. The number of oxime groups is 4. The quantitative estimate of drug-likeness (QED) is 0.0744. The van der Waals surface area contributed by atoms with Gasteiger partial charge in [-0.2, -0.15) is 28.8 Å². The van der Waals surface area contributed by atoms with Crippen LogP contribution in [0.2, 0.25) is 0 Å². The minimum atomic E-state index is -0.705. The van der Waals surface area contributed by atoms with Crippen molar-refractivity contribution in [3.05, 3.63) is 0 Å². The number of nitriles is 1. The van der Waals surface area contributed by atoms with Crippen LogP contribution in [-0.2, 0) is 24.1 Å². The maximum absolute atomic E-state index is 11.3. The minimum Gasteiger partial charge on any atom is -0.343 e. The third-order valence-corrected chi connectivity index (χ3v) is 8.34. The Hall–Kier alpha value is -3.88. The van der Waals surface area contributed by atoms with Crippen molar-refractivity contribution in [1.82, 2.24) is 26.2 Å². The van der Waals surface area contributed by atoms with E-state index in [4.69, 9.17) is 5.26 Å². The van der Waals surface area contributed by atoms with Gasteiger partial charge in [-0.1, -0.05) is 41.4 Å². The summed E-state index contributed by atoms with van der Waals surface area (Å²) in [6.45, 7) is 11.6. The predicted molar refractivity (Wildman–Crippen MR) is 219 cm³/mol. The Morgan fingerprint density at radius 1 is 0.774 bits per heavy atom. The molecule has 0 fully saturated rings. The lowest BCUT2D eigenvalue weighted by Crippen LogP contribution is -2.28. The molecule has 0 aromatic heterocycles. The van der Waals surface area contributed by atoms with Crippen LogP contribution in [0.1, 0.15) is 48.0 Å². The van der Waals surface area contributed by atoms with Crippen LogP contribution in [0.4, 0.5) is 19.2 Å². The summed E-state index contributed by atoms with van der Waals surface area (Å²) in [4.78, 5) is 73.2. The number of carbonyl (C=O) groups is 5. The van der Waals surface area contributed by atoms with Gasteiger partial charge in [0.15, 0.2) is 0 Å². The summed E-state index contributed by atoms with van der Waals surface area (Å²) in [7, 11) is 9.04. The van der Waals surface area contributed by atoms with Gasteiger partial charge in [0.1, 0.15) is 5.04 Å². The number of nitrogens with one attached hydrogen (secondary N) is 4. The first-order chi connectivity index (χ1) is 24.8. The standard InChI is InChI=1S/C9H18N2O2S.C7H13N3O3S.C7H11N3O2S.C7H14N2O2S/c1-9(2,3)7(6-14-5)11-13-8(12)10-4;1-8-7(12)13-9-5(14-4)6(11)10(2)3;1-6(13-5-3-4-8)10-12-7(11)9-2;1-5(6(2)12-4)9-11-7(10)8-3/h6H2,1-5H3,(H,10,12);1-4H3,(H,8,12);3,5H2,1-2H3,(H,9,11);6H,1-4H3,(H,8,10)/b;;10-6-;9-5+. The molecular weight excluding hydrogens is 773 g/mol. The smallest absolute Gasteiger partial charge is 0.343 e. The molecule has 0 saturated carbocycles. The molecule has 5 amide bonds. The molecule has 0 spiro atoms. The summed E-state index contributed by atoms with van der Waals surface area (Å²) in [5.41, 5.74) is 1.59. The lowest BCUT2D eigenvalue weighted by atomic mass is 9.91. The molecule has 53 heavy (non-hydrogen) atoms. The number of amides is 5. The highest BCUT2D eigenvalue weighted by Gasteiger charge is 2.19. The second kappa shape index (κ2) is 35.2. The van der Waals surface area contributed by atoms with Crippen LogP contribution in [0, 0.1) is 16.7 Å². The summed E-state index contributed by atoms with van der Waals surface area (Å²) in [6, 6.07) is 2.00. The fourth-order valence-electron chi connectivity index (χ4n) is 1.97. The van der Waals surface area contributed by atoms with E-state index in [9.17, 15) is 24.0 Å². The van der Waals surface area contributed by atoms with E-state index in [1.54, 1.807) is 50.8 Å². The number of nitrogens with zero attached hydrogens (tertiary/aromatic N) is 6. The second-order valence-corrected chi connectivity index (χ2v) is 14.6. The summed E-state index contributed by atoms with van der Waals surface area (Å²) < 4.78 is 0. The van der Waals surface area contributed by atoms with Gasteiger partial charge in [-0.25, -0.2) is 19.2 Å². The molecule has 0 radical (unpaired) electrons. The molecule has 23 heteroatoms. The van der Waals surface area contributed by atoms with Crippen LogP contribution in [0.5, 0.6) is 0 Å². The molecule has 0 aromatic carbocycles. The van der Waals surface area contributed by atoms with E-state index in [1.165, 1.54) is 44.9 Å². The van der Waals surface area contributed by atoms with Crippen molar-refractivity contribution in [3.63, 3.8) is 0 Å². The average Bonchev–Trinajstić information content (AvgIpc) is 3.13. The zero-order chi connectivity index (χ0) is 42.0. The number of carbonyl (C=O) groups excluding carboxylic acids is 5.